The van der Waals surface area contributed by atoms with E-state index in [1.165, 1.54) is 0 Å². The highest BCUT2D eigenvalue weighted by atomic mass is 16.6. The molecule has 4 rings (SSSR count). The van der Waals surface area contributed by atoms with E-state index < -0.39 is 18.2 Å². The first-order valence-electron chi connectivity index (χ1n) is 9.63. The Kier molecular flexibility index (Phi) is 4.95. The first kappa shape index (κ1) is 18.1. The lowest BCUT2D eigenvalue weighted by atomic mass is 9.78. The number of aliphatic carboxylic acids is 1. The minimum absolute atomic E-state index is 0.129. The first-order valence-corrected chi connectivity index (χ1v) is 9.63. The number of carboxylic acids is 1. The van der Waals surface area contributed by atoms with Gasteiger partial charge in [0.2, 0.25) is 5.91 Å². The highest BCUT2D eigenvalue weighted by Crippen LogP contribution is 2.43. The summed E-state index contributed by atoms with van der Waals surface area (Å²) in [6.45, 7) is 1.62. The SMILES string of the molecule is O=C(NCC1(c2ccc3c(c2)OCCO3)CCCC1)[C@@H]1CC[C@H](C(=O)O)O1. The average molecular weight is 375 g/mol. The van der Waals surface area contributed by atoms with Gasteiger partial charge in [0.1, 0.15) is 19.3 Å². The fraction of sp³-hybridized carbons (Fsp3) is 0.600. The average Bonchev–Trinajstić information content (AvgIpc) is 3.36. The molecule has 1 saturated carbocycles. The summed E-state index contributed by atoms with van der Waals surface area (Å²) >= 11 is 0. The van der Waals surface area contributed by atoms with Gasteiger partial charge in [0, 0.05) is 12.0 Å². The van der Waals surface area contributed by atoms with Crippen molar-refractivity contribution < 1.29 is 28.9 Å². The van der Waals surface area contributed by atoms with E-state index in [-0.39, 0.29) is 11.3 Å². The molecule has 2 aliphatic heterocycles. The number of carbonyl (C=O) groups is 2. The van der Waals surface area contributed by atoms with Crippen LogP contribution in [0.2, 0.25) is 0 Å². The van der Waals surface area contributed by atoms with Gasteiger partial charge in [-0.05, 0) is 43.4 Å². The van der Waals surface area contributed by atoms with E-state index in [2.05, 4.69) is 11.4 Å². The lowest BCUT2D eigenvalue weighted by Crippen LogP contribution is -2.43. The van der Waals surface area contributed by atoms with Crippen molar-refractivity contribution in [1.29, 1.82) is 0 Å². The van der Waals surface area contributed by atoms with Crippen molar-refractivity contribution in [3.63, 3.8) is 0 Å². The van der Waals surface area contributed by atoms with Crippen LogP contribution >= 0.6 is 0 Å². The van der Waals surface area contributed by atoms with Gasteiger partial charge in [0.05, 0.1) is 0 Å². The van der Waals surface area contributed by atoms with Gasteiger partial charge in [-0.15, -0.1) is 0 Å². The minimum Gasteiger partial charge on any atom is -0.486 e. The van der Waals surface area contributed by atoms with Crippen LogP contribution < -0.4 is 14.8 Å². The number of hydrogen-bond donors (Lipinski definition) is 2. The molecule has 1 aromatic carbocycles. The van der Waals surface area contributed by atoms with E-state index in [9.17, 15) is 9.59 Å². The van der Waals surface area contributed by atoms with Crippen molar-refractivity contribution >= 4 is 11.9 Å². The Morgan fingerprint density at radius 3 is 2.48 bits per heavy atom. The number of carbonyl (C=O) groups excluding carboxylic acids is 1. The molecule has 0 radical (unpaired) electrons. The van der Waals surface area contributed by atoms with Crippen molar-refractivity contribution in [2.75, 3.05) is 19.8 Å². The molecule has 3 aliphatic rings. The molecule has 1 aromatic rings. The zero-order valence-corrected chi connectivity index (χ0v) is 15.2. The summed E-state index contributed by atoms with van der Waals surface area (Å²) in [5, 5.41) is 12.0. The highest BCUT2D eigenvalue weighted by Gasteiger charge is 2.39. The largest absolute Gasteiger partial charge is 0.486 e. The fourth-order valence-corrected chi connectivity index (χ4v) is 4.37. The predicted molar refractivity (Wildman–Crippen MR) is 96.1 cm³/mol. The van der Waals surface area contributed by atoms with Gasteiger partial charge in [0.25, 0.3) is 0 Å². The van der Waals surface area contributed by atoms with Gasteiger partial charge in [0.15, 0.2) is 17.6 Å². The molecule has 0 spiro atoms. The van der Waals surface area contributed by atoms with Crippen molar-refractivity contribution in [3.05, 3.63) is 23.8 Å². The fourth-order valence-electron chi connectivity index (χ4n) is 4.37. The molecule has 1 aliphatic carbocycles. The van der Waals surface area contributed by atoms with E-state index in [0.29, 0.717) is 32.6 Å². The highest BCUT2D eigenvalue weighted by molar-refractivity contribution is 5.82. The molecule has 2 atom stereocenters. The second-order valence-corrected chi connectivity index (χ2v) is 7.59. The Hall–Kier alpha value is -2.28. The number of benzene rings is 1. The topological polar surface area (TPSA) is 94.1 Å². The molecule has 2 fully saturated rings. The maximum Gasteiger partial charge on any atom is 0.332 e. The Morgan fingerprint density at radius 2 is 1.78 bits per heavy atom. The zero-order valence-electron chi connectivity index (χ0n) is 15.2. The molecule has 7 nitrogen and oxygen atoms in total. The molecule has 2 N–H and O–H groups in total. The molecule has 0 unspecified atom stereocenters. The van der Waals surface area contributed by atoms with Gasteiger partial charge in [-0.25, -0.2) is 4.79 Å². The molecular formula is C20H25NO6. The van der Waals surface area contributed by atoms with Crippen LogP contribution in [0.5, 0.6) is 11.5 Å². The molecule has 0 bridgehead atoms. The number of nitrogens with one attached hydrogen (secondary N) is 1. The molecule has 7 heteroatoms. The molecule has 27 heavy (non-hydrogen) atoms. The van der Waals surface area contributed by atoms with Crippen LogP contribution in [0.25, 0.3) is 0 Å². The summed E-state index contributed by atoms with van der Waals surface area (Å²) in [5.41, 5.74) is 1.02. The second-order valence-electron chi connectivity index (χ2n) is 7.59. The van der Waals surface area contributed by atoms with Gasteiger partial charge < -0.3 is 24.6 Å². The van der Waals surface area contributed by atoms with Crippen molar-refractivity contribution in [3.8, 4) is 11.5 Å². The van der Waals surface area contributed by atoms with Gasteiger partial charge >= 0.3 is 5.97 Å². The van der Waals surface area contributed by atoms with Crippen molar-refractivity contribution in [2.24, 2.45) is 0 Å². The third kappa shape index (κ3) is 3.60. The third-order valence-corrected chi connectivity index (χ3v) is 5.90. The van der Waals surface area contributed by atoms with Gasteiger partial charge in [-0.1, -0.05) is 18.9 Å². The Labute approximate surface area is 158 Å². The van der Waals surface area contributed by atoms with Crippen molar-refractivity contribution in [1.82, 2.24) is 5.32 Å². The number of amides is 1. The van der Waals surface area contributed by atoms with Crippen LogP contribution in [-0.4, -0.2) is 48.9 Å². The van der Waals surface area contributed by atoms with Crippen LogP contribution in [0.15, 0.2) is 18.2 Å². The summed E-state index contributed by atoms with van der Waals surface area (Å²) in [7, 11) is 0. The predicted octanol–water partition coefficient (Wildman–Crippen LogP) is 2.02. The molecule has 1 saturated heterocycles. The van der Waals surface area contributed by atoms with E-state index >= 15 is 0 Å². The van der Waals surface area contributed by atoms with E-state index in [1.54, 1.807) is 0 Å². The smallest absolute Gasteiger partial charge is 0.332 e. The van der Waals surface area contributed by atoms with E-state index in [1.807, 2.05) is 12.1 Å². The third-order valence-electron chi connectivity index (χ3n) is 5.90. The maximum atomic E-state index is 12.5. The Morgan fingerprint density at radius 1 is 1.07 bits per heavy atom. The number of carboxylic acid groups (broad SMARTS) is 1. The summed E-state index contributed by atoms with van der Waals surface area (Å²) in [6.07, 6.45) is 3.49. The molecule has 2 heterocycles. The van der Waals surface area contributed by atoms with Crippen LogP contribution in [0.3, 0.4) is 0 Å². The summed E-state index contributed by atoms with van der Waals surface area (Å²) in [5.74, 6) is 0.303. The van der Waals surface area contributed by atoms with Crippen LogP contribution in [0.1, 0.15) is 44.1 Å². The van der Waals surface area contributed by atoms with Crippen LogP contribution in [0.4, 0.5) is 0 Å². The summed E-state index contributed by atoms with van der Waals surface area (Å²) in [4.78, 5) is 23.5. The van der Waals surface area contributed by atoms with Gasteiger partial charge in [-0.3, -0.25) is 4.79 Å². The number of hydrogen-bond acceptors (Lipinski definition) is 5. The van der Waals surface area contributed by atoms with Gasteiger partial charge in [-0.2, -0.15) is 0 Å². The quantitative estimate of drug-likeness (QED) is 0.818. The van der Waals surface area contributed by atoms with E-state index in [0.717, 1.165) is 42.7 Å². The number of fused-ring (bicyclic) bond motifs is 1. The standard InChI is InChI=1S/C20H25NO6/c22-18(15-5-6-16(27-15)19(23)24)21-12-20(7-1-2-8-20)13-3-4-14-17(11-13)26-10-9-25-14/h3-4,11,15-16H,1-2,5-10,12H2,(H,21,22)(H,23,24)/t15-,16+/m0/s1. The molecule has 1 amide bonds. The molecular weight excluding hydrogens is 350 g/mol. The Bertz CT molecular complexity index is 727. The normalized spacial score (nSPS) is 25.9. The van der Waals surface area contributed by atoms with Crippen LogP contribution in [-0.2, 0) is 19.7 Å². The maximum absolute atomic E-state index is 12.5. The number of ether oxygens (including phenoxy) is 3. The molecule has 146 valence electrons. The Balaban J connectivity index is 1.45. The van der Waals surface area contributed by atoms with Crippen LogP contribution in [0, 0.1) is 0 Å². The lowest BCUT2D eigenvalue weighted by Gasteiger charge is -2.31. The molecule has 0 aromatic heterocycles. The van der Waals surface area contributed by atoms with E-state index in [4.69, 9.17) is 19.3 Å². The summed E-state index contributed by atoms with van der Waals surface area (Å²) in [6, 6.07) is 6.05. The minimum atomic E-state index is -1.01. The monoisotopic (exact) mass is 375 g/mol. The number of rotatable bonds is 5. The van der Waals surface area contributed by atoms with Crippen molar-refractivity contribution in [2.45, 2.75) is 56.1 Å². The second kappa shape index (κ2) is 7.38. The lowest BCUT2D eigenvalue weighted by molar-refractivity contribution is -0.151. The zero-order chi connectivity index (χ0) is 18.9. The summed E-state index contributed by atoms with van der Waals surface area (Å²) < 4.78 is 16.7. The first-order chi connectivity index (χ1) is 13.1.